The van der Waals surface area contributed by atoms with E-state index in [1.807, 2.05) is 13.8 Å². The average molecular weight is 496 g/mol. The molecule has 2 aromatic carbocycles. The third-order valence-electron chi connectivity index (χ3n) is 5.67. The molecule has 8 heteroatoms. The maximum absolute atomic E-state index is 13.2. The summed E-state index contributed by atoms with van der Waals surface area (Å²) in [5.41, 5.74) is 1.05. The summed E-state index contributed by atoms with van der Waals surface area (Å²) in [5.74, 6) is -0.0336. The first-order chi connectivity index (χ1) is 17.5. The highest BCUT2D eigenvalue weighted by molar-refractivity contribution is 6.46. The molecule has 36 heavy (non-hydrogen) atoms. The van der Waals surface area contributed by atoms with Crippen LogP contribution in [0.15, 0.2) is 60.7 Å². The Hall–Kier alpha value is -3.78. The highest BCUT2D eigenvalue weighted by atomic mass is 16.5. The fraction of sp³-hybridized carbons (Fsp3) is 0.357. The van der Waals surface area contributed by atoms with Gasteiger partial charge in [-0.15, -0.1) is 0 Å². The second-order valence-electron chi connectivity index (χ2n) is 8.04. The summed E-state index contributed by atoms with van der Waals surface area (Å²) < 4.78 is 22.1. The van der Waals surface area contributed by atoms with Crippen LogP contribution in [-0.4, -0.2) is 61.8 Å². The van der Waals surface area contributed by atoms with Gasteiger partial charge in [0.25, 0.3) is 11.7 Å². The number of amides is 1. The smallest absolute Gasteiger partial charge is 0.295 e. The molecule has 192 valence electrons. The molecule has 1 saturated heterocycles. The third kappa shape index (κ3) is 5.88. The zero-order valence-corrected chi connectivity index (χ0v) is 21.0. The van der Waals surface area contributed by atoms with Crippen molar-refractivity contribution in [2.75, 3.05) is 40.1 Å². The zero-order chi connectivity index (χ0) is 26.1. The van der Waals surface area contributed by atoms with Crippen molar-refractivity contribution in [3.05, 3.63) is 71.8 Å². The summed E-state index contributed by atoms with van der Waals surface area (Å²) in [5, 5.41) is 11.2. The number of ketones is 1. The van der Waals surface area contributed by atoms with E-state index >= 15 is 0 Å². The van der Waals surface area contributed by atoms with Gasteiger partial charge < -0.3 is 29.0 Å². The van der Waals surface area contributed by atoms with E-state index in [0.717, 1.165) is 0 Å². The molecule has 2 aromatic rings. The summed E-state index contributed by atoms with van der Waals surface area (Å²) in [4.78, 5) is 27.8. The molecule has 1 aliphatic rings. The standard InChI is InChI=1S/C28H33NO7/c1-5-16-36-22-14-11-20(18-23(22)35-7-3)25-24(27(31)28(32)29(25)15-8-17-33-4)26(30)19-9-12-21(13-10-19)34-6-2/h5,9-14,18,25,30H,1,6-8,15-17H2,2-4H3. The van der Waals surface area contributed by atoms with Gasteiger partial charge in [0, 0.05) is 25.8 Å². The Kier molecular flexibility index (Phi) is 9.53. The first-order valence-corrected chi connectivity index (χ1v) is 12.0. The Morgan fingerprint density at radius 3 is 2.39 bits per heavy atom. The number of hydrogen-bond donors (Lipinski definition) is 1. The van der Waals surface area contributed by atoms with E-state index in [4.69, 9.17) is 18.9 Å². The molecule has 8 nitrogen and oxygen atoms in total. The van der Waals surface area contributed by atoms with Crippen molar-refractivity contribution in [1.82, 2.24) is 4.90 Å². The monoisotopic (exact) mass is 495 g/mol. The van der Waals surface area contributed by atoms with Crippen LogP contribution in [0.5, 0.6) is 17.2 Å². The Morgan fingerprint density at radius 1 is 1.03 bits per heavy atom. The molecule has 0 radical (unpaired) electrons. The van der Waals surface area contributed by atoms with Gasteiger partial charge in [0.2, 0.25) is 0 Å². The molecule has 0 spiro atoms. The number of carbonyl (C=O) groups is 2. The summed E-state index contributed by atoms with van der Waals surface area (Å²) in [6, 6.07) is 11.2. The van der Waals surface area contributed by atoms with E-state index in [9.17, 15) is 14.7 Å². The number of hydrogen-bond acceptors (Lipinski definition) is 7. The van der Waals surface area contributed by atoms with Crippen LogP contribution in [0.25, 0.3) is 5.76 Å². The van der Waals surface area contributed by atoms with E-state index in [2.05, 4.69) is 6.58 Å². The van der Waals surface area contributed by atoms with Crippen LogP contribution in [0, 0.1) is 0 Å². The minimum atomic E-state index is -0.805. The molecule has 1 heterocycles. The summed E-state index contributed by atoms with van der Waals surface area (Å²) in [6.45, 7) is 9.31. The number of benzene rings is 2. The van der Waals surface area contributed by atoms with Gasteiger partial charge >= 0.3 is 0 Å². The molecule has 1 unspecified atom stereocenters. The van der Waals surface area contributed by atoms with Crippen LogP contribution in [0.4, 0.5) is 0 Å². The maximum atomic E-state index is 13.2. The van der Waals surface area contributed by atoms with Crippen molar-refractivity contribution in [3.8, 4) is 17.2 Å². The summed E-state index contributed by atoms with van der Waals surface area (Å²) >= 11 is 0. The topological polar surface area (TPSA) is 94.5 Å². The predicted octanol–water partition coefficient (Wildman–Crippen LogP) is 4.51. The van der Waals surface area contributed by atoms with Crippen LogP contribution in [0.1, 0.15) is 37.4 Å². The van der Waals surface area contributed by atoms with Crippen molar-refractivity contribution < 1.29 is 33.6 Å². The van der Waals surface area contributed by atoms with Gasteiger partial charge in [0.15, 0.2) is 11.5 Å². The third-order valence-corrected chi connectivity index (χ3v) is 5.67. The molecule has 1 atom stereocenters. The van der Waals surface area contributed by atoms with Crippen LogP contribution in [0.3, 0.4) is 0 Å². The highest BCUT2D eigenvalue weighted by Gasteiger charge is 2.46. The highest BCUT2D eigenvalue weighted by Crippen LogP contribution is 2.42. The zero-order valence-electron chi connectivity index (χ0n) is 21.0. The van der Waals surface area contributed by atoms with Crippen LogP contribution >= 0.6 is 0 Å². The molecule has 3 rings (SSSR count). The number of ether oxygens (including phenoxy) is 4. The molecule has 1 amide bonds. The van der Waals surface area contributed by atoms with Crippen molar-refractivity contribution >= 4 is 17.4 Å². The summed E-state index contributed by atoms with van der Waals surface area (Å²) in [6.07, 6.45) is 2.16. The summed E-state index contributed by atoms with van der Waals surface area (Å²) in [7, 11) is 1.58. The first kappa shape index (κ1) is 26.8. The lowest BCUT2D eigenvalue weighted by Crippen LogP contribution is -2.31. The Labute approximate surface area is 211 Å². The number of aliphatic hydroxyl groups excluding tert-OH is 1. The van der Waals surface area contributed by atoms with Crippen LogP contribution in [0.2, 0.25) is 0 Å². The predicted molar refractivity (Wildman–Crippen MR) is 136 cm³/mol. The van der Waals surface area contributed by atoms with Gasteiger partial charge in [-0.25, -0.2) is 0 Å². The Balaban J connectivity index is 2.11. The lowest BCUT2D eigenvalue weighted by Gasteiger charge is -2.26. The molecule has 0 aromatic heterocycles. The number of Topliss-reactive ketones (excluding diaryl/α,β-unsaturated/α-hetero) is 1. The van der Waals surface area contributed by atoms with Crippen LogP contribution in [-0.2, 0) is 14.3 Å². The van der Waals surface area contributed by atoms with Gasteiger partial charge in [-0.05, 0) is 62.2 Å². The lowest BCUT2D eigenvalue weighted by atomic mass is 9.95. The molecule has 1 fully saturated rings. The van der Waals surface area contributed by atoms with Crippen molar-refractivity contribution in [2.45, 2.75) is 26.3 Å². The average Bonchev–Trinajstić information content (AvgIpc) is 3.13. The second-order valence-corrected chi connectivity index (χ2v) is 8.04. The van der Waals surface area contributed by atoms with Crippen molar-refractivity contribution in [3.63, 3.8) is 0 Å². The van der Waals surface area contributed by atoms with Gasteiger partial charge in [-0.2, -0.15) is 0 Å². The van der Waals surface area contributed by atoms with Gasteiger partial charge in [-0.3, -0.25) is 9.59 Å². The molecular formula is C28H33NO7. The number of likely N-dealkylation sites (tertiary alicyclic amines) is 1. The van der Waals surface area contributed by atoms with E-state index in [0.29, 0.717) is 61.2 Å². The van der Waals surface area contributed by atoms with E-state index in [1.54, 1.807) is 55.7 Å². The van der Waals surface area contributed by atoms with Crippen LogP contribution < -0.4 is 14.2 Å². The second kappa shape index (κ2) is 12.8. The number of rotatable bonds is 13. The number of methoxy groups -OCH3 is 1. The molecule has 1 N–H and O–H groups in total. The molecule has 0 bridgehead atoms. The fourth-order valence-corrected chi connectivity index (χ4v) is 4.10. The SMILES string of the molecule is C=CCOc1ccc(C2C(=C(O)c3ccc(OCC)cc3)C(=O)C(=O)N2CCCOC)cc1OCC. The van der Waals surface area contributed by atoms with Gasteiger partial charge in [0.1, 0.15) is 18.1 Å². The largest absolute Gasteiger partial charge is 0.507 e. The van der Waals surface area contributed by atoms with Crippen molar-refractivity contribution in [1.29, 1.82) is 0 Å². The van der Waals surface area contributed by atoms with E-state index < -0.39 is 17.7 Å². The first-order valence-electron chi connectivity index (χ1n) is 12.0. The van der Waals surface area contributed by atoms with Crippen molar-refractivity contribution in [2.24, 2.45) is 0 Å². The minimum Gasteiger partial charge on any atom is -0.507 e. The van der Waals surface area contributed by atoms with E-state index in [1.165, 1.54) is 4.90 Å². The van der Waals surface area contributed by atoms with Gasteiger partial charge in [0.05, 0.1) is 24.8 Å². The normalized spacial score (nSPS) is 16.8. The molecule has 0 saturated carbocycles. The quantitative estimate of drug-likeness (QED) is 0.144. The van der Waals surface area contributed by atoms with Gasteiger partial charge in [-0.1, -0.05) is 18.7 Å². The molecule has 0 aliphatic carbocycles. The lowest BCUT2D eigenvalue weighted by molar-refractivity contribution is -0.140. The molecule has 1 aliphatic heterocycles. The maximum Gasteiger partial charge on any atom is 0.295 e. The number of aliphatic hydroxyl groups is 1. The van der Waals surface area contributed by atoms with E-state index in [-0.39, 0.29) is 17.9 Å². The number of nitrogens with zero attached hydrogens (tertiary/aromatic N) is 1. The fourth-order valence-electron chi connectivity index (χ4n) is 4.10. The molecular weight excluding hydrogens is 462 g/mol. The minimum absolute atomic E-state index is 0.0174. The number of carbonyl (C=O) groups excluding carboxylic acids is 2. The Bertz CT molecular complexity index is 1110. The Morgan fingerprint density at radius 2 is 1.75 bits per heavy atom.